The molecule has 1 unspecified atom stereocenters. The molecule has 0 aromatic heterocycles. The molecule has 2 saturated heterocycles. The number of carboxylic acid groups (broad SMARTS) is 1. The van der Waals surface area contributed by atoms with Gasteiger partial charge in [0.1, 0.15) is 17.8 Å². The van der Waals surface area contributed by atoms with Gasteiger partial charge in [0.15, 0.2) is 0 Å². The number of rotatable bonds is 9. The summed E-state index contributed by atoms with van der Waals surface area (Å²) in [5.41, 5.74) is 1.07. The van der Waals surface area contributed by atoms with E-state index in [1.54, 1.807) is 0 Å². The van der Waals surface area contributed by atoms with Crippen LogP contribution in [-0.4, -0.2) is 73.8 Å². The van der Waals surface area contributed by atoms with E-state index in [0.29, 0.717) is 30.4 Å². The molecule has 7 nitrogen and oxygen atoms in total. The average molecular weight is 685 g/mol. The minimum atomic E-state index is -1.18. The van der Waals surface area contributed by atoms with Gasteiger partial charge in [-0.15, -0.1) is 0 Å². The first-order valence-corrected chi connectivity index (χ1v) is 18.6. The summed E-state index contributed by atoms with van der Waals surface area (Å²) in [7, 11) is 4.49. The molecule has 280 valence electrons. The second-order valence-electron chi connectivity index (χ2n) is 20.8. The number of carbonyl (C=O) groups excluding carboxylic acids is 1. The number of aliphatic carboxylic acids is 1. The zero-order valence-corrected chi connectivity index (χ0v) is 34.4. The van der Waals surface area contributed by atoms with Crippen molar-refractivity contribution >= 4 is 11.9 Å². The van der Waals surface area contributed by atoms with E-state index in [0.717, 1.165) is 42.4 Å². The Hall–Kier alpha value is -2.12. The van der Waals surface area contributed by atoms with Gasteiger partial charge < -0.3 is 14.9 Å². The normalized spacial score (nSPS) is 23.3. The maximum absolute atomic E-state index is 13.3. The first kappa shape index (κ1) is 41.3. The van der Waals surface area contributed by atoms with Crippen molar-refractivity contribution in [3.05, 3.63) is 28.8 Å². The lowest BCUT2D eigenvalue weighted by Crippen LogP contribution is -2.62. The number of aromatic hydroxyl groups is 1. The molecule has 2 aliphatic heterocycles. The smallest absolute Gasteiger partial charge is 0.317 e. The number of benzene rings is 1. The van der Waals surface area contributed by atoms with Gasteiger partial charge in [-0.1, -0.05) is 53.7 Å². The molecular formula is C42H72N2O5. The van der Waals surface area contributed by atoms with Crippen LogP contribution < -0.4 is 0 Å². The zero-order chi connectivity index (χ0) is 37.9. The minimum Gasteiger partial charge on any atom is -0.507 e. The fourth-order valence-corrected chi connectivity index (χ4v) is 9.68. The second kappa shape index (κ2) is 13.5. The third-order valence-corrected chi connectivity index (χ3v) is 12.6. The number of hydrogen-bond donors (Lipinski definition) is 2. The maximum atomic E-state index is 13.3. The molecular weight excluding hydrogens is 612 g/mol. The fraction of sp³-hybridized carbons (Fsp3) is 0.810. The Morgan fingerprint density at radius 3 is 1.41 bits per heavy atom. The van der Waals surface area contributed by atoms with Crippen LogP contribution in [0.15, 0.2) is 12.1 Å². The predicted molar refractivity (Wildman–Crippen MR) is 201 cm³/mol. The summed E-state index contributed by atoms with van der Waals surface area (Å²) in [5.74, 6) is -0.562. The van der Waals surface area contributed by atoms with Gasteiger partial charge in [-0.05, 0) is 154 Å². The van der Waals surface area contributed by atoms with E-state index < -0.39 is 24.0 Å². The molecule has 2 N–H and O–H groups in total. The van der Waals surface area contributed by atoms with Gasteiger partial charge in [-0.3, -0.25) is 19.4 Å². The monoisotopic (exact) mass is 685 g/mol. The molecule has 2 heterocycles. The quantitative estimate of drug-likeness (QED) is 0.198. The van der Waals surface area contributed by atoms with Gasteiger partial charge in [-0.25, -0.2) is 0 Å². The highest BCUT2D eigenvalue weighted by molar-refractivity contribution is 5.90. The number of hydrogen-bond acceptors (Lipinski definition) is 6. The predicted octanol–water partition coefficient (Wildman–Crippen LogP) is 9.11. The summed E-state index contributed by atoms with van der Waals surface area (Å²) in [6.45, 7) is 33.5. The van der Waals surface area contributed by atoms with Crippen molar-refractivity contribution in [3.63, 3.8) is 0 Å². The molecule has 1 atom stereocenters. The van der Waals surface area contributed by atoms with E-state index in [-0.39, 0.29) is 38.9 Å². The lowest BCUT2D eigenvalue weighted by atomic mass is 9.59. The Morgan fingerprint density at radius 1 is 0.755 bits per heavy atom. The van der Waals surface area contributed by atoms with Gasteiger partial charge >= 0.3 is 11.9 Å². The Labute approximate surface area is 299 Å². The van der Waals surface area contributed by atoms with Crippen molar-refractivity contribution in [2.45, 2.75) is 187 Å². The highest BCUT2D eigenvalue weighted by atomic mass is 16.6. The van der Waals surface area contributed by atoms with Crippen molar-refractivity contribution in [1.82, 2.24) is 9.80 Å². The van der Waals surface area contributed by atoms with Crippen LogP contribution in [0.2, 0.25) is 0 Å². The van der Waals surface area contributed by atoms with Crippen LogP contribution in [0.25, 0.3) is 0 Å². The Morgan fingerprint density at radius 2 is 1.10 bits per heavy atom. The summed E-state index contributed by atoms with van der Waals surface area (Å²) in [6, 6.07) is 4.15. The zero-order valence-electron chi connectivity index (χ0n) is 34.4. The largest absolute Gasteiger partial charge is 0.507 e. The van der Waals surface area contributed by atoms with Crippen molar-refractivity contribution in [3.8, 4) is 5.75 Å². The number of carbonyl (C=O) groups is 2. The first-order chi connectivity index (χ1) is 21.8. The Kier molecular flexibility index (Phi) is 11.3. The van der Waals surface area contributed by atoms with Crippen LogP contribution in [0.3, 0.4) is 0 Å². The number of piperidine rings is 2. The Bertz CT molecular complexity index is 1270. The molecule has 0 amide bonds. The number of phenols is 1. The summed E-state index contributed by atoms with van der Waals surface area (Å²) in [6.07, 6.45) is 4.53. The third-order valence-electron chi connectivity index (χ3n) is 12.6. The SMILES string of the molecule is CN1C(C)(C)CC(C(CC(C)(Cc2cc(C(C)(C)C)c(O)c(C(C)(C)C)c2)OC(=O)CC(=O)O)C2CC(C)(C)N(C)C(C)(C)C2)CC1(C)C. The summed E-state index contributed by atoms with van der Waals surface area (Å²) in [5, 5.41) is 21.1. The highest BCUT2D eigenvalue weighted by Gasteiger charge is 2.52. The molecule has 0 saturated carbocycles. The number of carboxylic acids is 1. The molecule has 0 aliphatic carbocycles. The van der Waals surface area contributed by atoms with Crippen molar-refractivity contribution in [1.29, 1.82) is 0 Å². The van der Waals surface area contributed by atoms with Gasteiger partial charge in [0, 0.05) is 28.6 Å². The van der Waals surface area contributed by atoms with Crippen LogP contribution in [0, 0.1) is 17.8 Å². The molecule has 1 aromatic rings. The summed E-state index contributed by atoms with van der Waals surface area (Å²) >= 11 is 0. The van der Waals surface area contributed by atoms with Gasteiger partial charge in [0.05, 0.1) is 0 Å². The topological polar surface area (TPSA) is 90.3 Å². The standard InChI is InChI=1S/C42H72N2O5/c1-36(2,3)31-18-27(19-32(35(31)48)37(4,5)6)21-42(15,49-34(47)20-33(45)46)26-30(28-22-38(7,8)43(16)39(9,10)23-28)29-24-40(11,12)44(17)41(13,14)25-29/h18-19,28-30,48H,20-26H2,1-17H3,(H,45,46). The molecule has 7 heteroatoms. The summed E-state index contributed by atoms with van der Waals surface area (Å²) < 4.78 is 6.39. The van der Waals surface area contributed by atoms with E-state index in [9.17, 15) is 19.8 Å². The van der Waals surface area contributed by atoms with E-state index in [2.05, 4.69) is 133 Å². The number of likely N-dealkylation sites (tertiary alicyclic amines) is 2. The fourth-order valence-electron chi connectivity index (χ4n) is 9.68. The molecule has 0 spiro atoms. The molecule has 0 radical (unpaired) electrons. The van der Waals surface area contributed by atoms with E-state index >= 15 is 0 Å². The highest BCUT2D eigenvalue weighted by Crippen LogP contribution is 2.53. The number of esters is 1. The number of nitrogens with zero attached hydrogens (tertiary/aromatic N) is 2. The van der Waals surface area contributed by atoms with Crippen LogP contribution in [0.5, 0.6) is 5.75 Å². The van der Waals surface area contributed by atoms with Crippen molar-refractivity contribution in [2.75, 3.05) is 14.1 Å². The average Bonchev–Trinajstić information content (AvgIpc) is 2.87. The van der Waals surface area contributed by atoms with Crippen LogP contribution in [0.4, 0.5) is 0 Å². The first-order valence-electron chi connectivity index (χ1n) is 18.6. The van der Waals surface area contributed by atoms with Crippen molar-refractivity contribution < 1.29 is 24.5 Å². The molecule has 1 aromatic carbocycles. The third kappa shape index (κ3) is 9.41. The van der Waals surface area contributed by atoms with E-state index in [4.69, 9.17) is 4.74 Å². The van der Waals surface area contributed by atoms with Crippen molar-refractivity contribution in [2.24, 2.45) is 17.8 Å². The summed E-state index contributed by atoms with van der Waals surface area (Å²) in [4.78, 5) is 30.1. The maximum Gasteiger partial charge on any atom is 0.317 e. The lowest BCUT2D eigenvalue weighted by Gasteiger charge is -2.59. The van der Waals surface area contributed by atoms with Gasteiger partial charge in [0.25, 0.3) is 0 Å². The second-order valence-corrected chi connectivity index (χ2v) is 20.8. The minimum absolute atomic E-state index is 0.0161. The van der Waals surface area contributed by atoms with Crippen LogP contribution >= 0.6 is 0 Å². The molecule has 49 heavy (non-hydrogen) atoms. The van der Waals surface area contributed by atoms with Crippen LogP contribution in [-0.2, 0) is 31.6 Å². The molecule has 3 rings (SSSR count). The Balaban J connectivity index is 2.24. The molecule has 0 bridgehead atoms. The molecule has 2 aliphatic rings. The van der Waals surface area contributed by atoms with Gasteiger partial charge in [0.2, 0.25) is 0 Å². The number of phenolic OH excluding ortho intramolecular Hbond substituents is 1. The van der Waals surface area contributed by atoms with Gasteiger partial charge in [-0.2, -0.15) is 0 Å². The number of ether oxygens (including phenoxy) is 1. The lowest BCUT2D eigenvalue weighted by molar-refractivity contribution is -0.167. The molecule has 2 fully saturated rings. The van der Waals surface area contributed by atoms with E-state index in [1.807, 2.05) is 6.92 Å². The van der Waals surface area contributed by atoms with E-state index in [1.165, 1.54) is 0 Å². The van der Waals surface area contributed by atoms with Crippen LogP contribution in [0.1, 0.15) is 159 Å².